The van der Waals surface area contributed by atoms with Gasteiger partial charge >= 0.3 is 0 Å². The maximum atomic E-state index is 6.35. The smallest absolute Gasteiger partial charge is 0.179 e. The van der Waals surface area contributed by atoms with Crippen LogP contribution in [0.25, 0.3) is 27.8 Å². The largest absolute Gasteiger partial charge is 0.453 e. The highest BCUT2D eigenvalue weighted by molar-refractivity contribution is 7.19. The fourth-order valence-electron chi connectivity index (χ4n) is 6.78. The average Bonchev–Trinajstić information content (AvgIpc) is 3.47. The lowest BCUT2D eigenvalue weighted by Crippen LogP contribution is -2.74. The molecule has 0 spiro atoms. The lowest BCUT2D eigenvalue weighted by molar-refractivity contribution is 0.474. The highest BCUT2D eigenvalue weighted by Gasteiger charge is 2.41. The van der Waals surface area contributed by atoms with Gasteiger partial charge in [0.2, 0.25) is 0 Å². The van der Waals surface area contributed by atoms with Gasteiger partial charge in [0.25, 0.3) is 0 Å². The van der Waals surface area contributed by atoms with E-state index in [1.807, 2.05) is 12.1 Å². The molecule has 0 saturated heterocycles. The van der Waals surface area contributed by atoms with E-state index in [0.717, 1.165) is 46.0 Å². The predicted molar refractivity (Wildman–Crippen MR) is 180 cm³/mol. The third kappa shape index (κ3) is 3.98. The van der Waals surface area contributed by atoms with Crippen molar-refractivity contribution >= 4 is 39.9 Å². The number of hydrogen-bond acceptors (Lipinski definition) is 2. The van der Waals surface area contributed by atoms with Crippen molar-refractivity contribution in [2.75, 3.05) is 0 Å². The van der Waals surface area contributed by atoms with E-state index in [4.69, 9.17) is 9.72 Å². The quantitative estimate of drug-likeness (QED) is 0.164. The molecule has 0 saturated carbocycles. The topological polar surface area (TPSA) is 27.1 Å². The van der Waals surface area contributed by atoms with Crippen LogP contribution in [-0.4, -0.2) is 17.6 Å². The zero-order valence-electron chi connectivity index (χ0n) is 23.9. The summed E-state index contributed by atoms with van der Waals surface area (Å²) >= 11 is 0. The van der Waals surface area contributed by atoms with Crippen molar-refractivity contribution in [1.82, 2.24) is 9.55 Å². The van der Waals surface area contributed by atoms with Gasteiger partial charge in [-0.2, -0.15) is 0 Å². The number of hydrogen-bond donors (Lipinski definition) is 0. The van der Waals surface area contributed by atoms with Crippen LogP contribution < -0.4 is 25.5 Å². The average molecular weight is 571 g/mol. The summed E-state index contributed by atoms with van der Waals surface area (Å²) in [5.74, 6) is 2.76. The van der Waals surface area contributed by atoms with E-state index >= 15 is 0 Å². The van der Waals surface area contributed by atoms with E-state index in [9.17, 15) is 0 Å². The first-order valence-corrected chi connectivity index (χ1v) is 16.9. The van der Waals surface area contributed by atoms with E-state index < -0.39 is 8.07 Å². The number of aryl methyl sites for hydroxylation is 1. The first-order chi connectivity index (χ1) is 21.3. The molecule has 2 heterocycles. The first-order valence-electron chi connectivity index (χ1n) is 14.9. The molecular weight excluding hydrogens is 541 g/mol. The number of para-hydroxylation sites is 1. The Morgan fingerprint density at radius 2 is 1.12 bits per heavy atom. The molecule has 6 aromatic carbocycles. The summed E-state index contributed by atoms with van der Waals surface area (Å²) in [5, 5.41) is 5.49. The number of ether oxygens (including phenoxy) is 1. The van der Waals surface area contributed by atoms with Crippen molar-refractivity contribution in [2.24, 2.45) is 0 Å². The summed E-state index contributed by atoms with van der Waals surface area (Å²) in [6, 6.07) is 55.1. The van der Waals surface area contributed by atoms with Crippen LogP contribution in [0.1, 0.15) is 12.7 Å². The van der Waals surface area contributed by atoms with Crippen LogP contribution in [0.2, 0.25) is 0 Å². The van der Waals surface area contributed by atoms with Crippen LogP contribution >= 0.6 is 0 Å². The number of benzene rings is 6. The highest BCUT2D eigenvalue weighted by atomic mass is 28.3. The minimum atomic E-state index is -2.55. The van der Waals surface area contributed by atoms with Crippen LogP contribution in [0.5, 0.6) is 11.5 Å². The van der Waals surface area contributed by atoms with E-state index in [1.165, 1.54) is 26.3 Å². The molecule has 4 heteroatoms. The Balaban J connectivity index is 1.29. The lowest BCUT2D eigenvalue weighted by atomic mass is 10.0. The maximum Gasteiger partial charge on any atom is 0.179 e. The van der Waals surface area contributed by atoms with Crippen LogP contribution in [0, 0.1) is 0 Å². The fraction of sp³-hybridized carbons (Fsp3) is 0.0513. The SMILES string of the molecule is CCc1nc2cccc3c2n1-c1cc(-c2ccc([Si](c4ccccc4)(c4ccccc4)c4ccccc4)cc2)ccc1O3. The lowest BCUT2D eigenvalue weighted by Gasteiger charge is -2.34. The molecule has 0 unspecified atom stereocenters. The Hall–Kier alpha value is -5.19. The number of nitrogens with zero attached hydrogens (tertiary/aromatic N) is 2. The van der Waals surface area contributed by atoms with Crippen LogP contribution in [-0.2, 0) is 6.42 Å². The summed E-state index contributed by atoms with van der Waals surface area (Å²) in [4.78, 5) is 4.92. The van der Waals surface area contributed by atoms with E-state index in [2.05, 4.69) is 151 Å². The summed E-state index contributed by atoms with van der Waals surface area (Å²) in [6.07, 6.45) is 0.845. The van der Waals surface area contributed by atoms with E-state index in [-0.39, 0.29) is 0 Å². The van der Waals surface area contributed by atoms with Crippen molar-refractivity contribution in [2.45, 2.75) is 13.3 Å². The molecule has 0 atom stereocenters. The zero-order chi connectivity index (χ0) is 28.8. The summed E-state index contributed by atoms with van der Waals surface area (Å²) in [5.41, 5.74) is 5.39. The number of rotatable bonds is 6. The van der Waals surface area contributed by atoms with Gasteiger partial charge in [-0.05, 0) is 56.1 Å². The molecule has 0 aliphatic carbocycles. The maximum absolute atomic E-state index is 6.35. The normalized spacial score (nSPS) is 12.1. The second-order valence-corrected chi connectivity index (χ2v) is 14.9. The molecule has 0 radical (unpaired) electrons. The first kappa shape index (κ1) is 25.5. The molecule has 7 aromatic rings. The van der Waals surface area contributed by atoms with Crippen LogP contribution in [0.3, 0.4) is 0 Å². The second-order valence-electron chi connectivity index (χ2n) is 11.1. The summed E-state index contributed by atoms with van der Waals surface area (Å²) < 4.78 is 8.63. The molecule has 0 fully saturated rings. The molecular formula is C39H30N2OSi. The molecule has 0 amide bonds. The Morgan fingerprint density at radius 1 is 0.558 bits per heavy atom. The molecule has 0 N–H and O–H groups in total. The van der Waals surface area contributed by atoms with Crippen molar-refractivity contribution in [3.8, 4) is 28.3 Å². The molecule has 0 bridgehead atoms. The highest BCUT2D eigenvalue weighted by Crippen LogP contribution is 2.42. The molecule has 1 aromatic heterocycles. The number of aromatic nitrogens is 2. The Bertz CT molecular complexity index is 1970. The standard InChI is InChI=1S/C39H30N2OSi/c1-2-38-40-34-19-12-20-37-39(34)41(38)35-27-29(23-26-36(35)42-37)28-21-24-33(25-22-28)43(30-13-6-3-7-14-30,31-15-8-4-9-16-31)32-17-10-5-11-18-32/h3-27H,2H2,1H3. The van der Waals surface area contributed by atoms with Gasteiger partial charge < -0.3 is 4.74 Å². The van der Waals surface area contributed by atoms with Gasteiger partial charge in [-0.3, -0.25) is 4.57 Å². The number of imidazole rings is 1. The van der Waals surface area contributed by atoms with Crippen LogP contribution in [0.4, 0.5) is 0 Å². The Labute approximate surface area is 252 Å². The predicted octanol–water partition coefficient (Wildman–Crippen LogP) is 6.74. The molecule has 1 aliphatic heterocycles. The van der Waals surface area contributed by atoms with Gasteiger partial charge in [-0.15, -0.1) is 0 Å². The molecule has 1 aliphatic rings. The van der Waals surface area contributed by atoms with Crippen molar-refractivity contribution in [3.63, 3.8) is 0 Å². The summed E-state index contributed by atoms with van der Waals surface area (Å²) in [6.45, 7) is 2.16. The molecule has 3 nitrogen and oxygen atoms in total. The Morgan fingerprint density at radius 3 is 1.70 bits per heavy atom. The zero-order valence-corrected chi connectivity index (χ0v) is 24.9. The fourth-order valence-corrected chi connectivity index (χ4v) is 11.5. The molecule has 8 rings (SSSR count). The third-order valence-electron chi connectivity index (χ3n) is 8.72. The minimum Gasteiger partial charge on any atom is -0.453 e. The monoisotopic (exact) mass is 570 g/mol. The van der Waals surface area contributed by atoms with E-state index in [1.54, 1.807) is 0 Å². The Kier molecular flexibility index (Phi) is 6.09. The van der Waals surface area contributed by atoms with Gasteiger partial charge in [0, 0.05) is 6.42 Å². The number of fused-ring (bicyclic) bond motifs is 2. The van der Waals surface area contributed by atoms with E-state index in [0.29, 0.717) is 0 Å². The molecule has 206 valence electrons. The van der Waals surface area contributed by atoms with Crippen LogP contribution in [0.15, 0.2) is 152 Å². The molecule has 43 heavy (non-hydrogen) atoms. The minimum absolute atomic E-state index is 0.845. The second kappa shape index (κ2) is 10.3. The van der Waals surface area contributed by atoms with Crippen molar-refractivity contribution in [1.29, 1.82) is 0 Å². The third-order valence-corrected chi connectivity index (χ3v) is 13.5. The van der Waals surface area contributed by atoms with Crippen molar-refractivity contribution in [3.05, 3.63) is 157 Å². The van der Waals surface area contributed by atoms with Gasteiger partial charge in [-0.1, -0.05) is 134 Å². The van der Waals surface area contributed by atoms with Crippen molar-refractivity contribution < 1.29 is 4.74 Å². The van der Waals surface area contributed by atoms with Gasteiger partial charge in [0.15, 0.2) is 19.6 Å². The summed E-state index contributed by atoms with van der Waals surface area (Å²) in [7, 11) is -2.55. The van der Waals surface area contributed by atoms with Gasteiger partial charge in [0.1, 0.15) is 11.3 Å². The van der Waals surface area contributed by atoms with Gasteiger partial charge in [0.05, 0.1) is 11.2 Å². The van der Waals surface area contributed by atoms with Gasteiger partial charge in [-0.25, -0.2) is 4.98 Å².